The summed E-state index contributed by atoms with van der Waals surface area (Å²) in [7, 11) is 0. The quantitative estimate of drug-likeness (QED) is 0.518. The van der Waals surface area contributed by atoms with Crippen LogP contribution in [-0.2, 0) is 0 Å². The number of aromatic nitrogens is 1. The van der Waals surface area contributed by atoms with Crippen LogP contribution in [0.25, 0.3) is 21.3 Å². The predicted octanol–water partition coefficient (Wildman–Crippen LogP) is 4.18. The van der Waals surface area contributed by atoms with E-state index in [1.165, 1.54) is 23.0 Å². The third-order valence-corrected chi connectivity index (χ3v) is 4.07. The molecule has 0 saturated heterocycles. The van der Waals surface area contributed by atoms with E-state index < -0.39 is 4.92 Å². The molecule has 4 nitrogen and oxygen atoms in total. The first-order valence-electron chi connectivity index (χ1n) is 5.76. The van der Waals surface area contributed by atoms with Crippen LogP contribution in [0.3, 0.4) is 0 Å². The molecular weight excluding hydrogens is 260 g/mol. The molecule has 0 bridgehead atoms. The molecule has 19 heavy (non-hydrogen) atoms. The molecule has 2 aromatic heterocycles. The molecule has 94 valence electrons. The van der Waals surface area contributed by atoms with Crippen molar-refractivity contribution in [3.8, 4) is 11.3 Å². The van der Waals surface area contributed by atoms with Gasteiger partial charge in [-0.3, -0.25) is 15.1 Å². The van der Waals surface area contributed by atoms with Crippen LogP contribution in [0.2, 0.25) is 0 Å². The third kappa shape index (κ3) is 1.98. The van der Waals surface area contributed by atoms with E-state index in [0.717, 1.165) is 15.8 Å². The van der Waals surface area contributed by atoms with Gasteiger partial charge in [-0.25, -0.2) is 0 Å². The summed E-state index contributed by atoms with van der Waals surface area (Å²) in [5.74, 6) is 0. The SMILES string of the molecule is Cc1sc2ccccc2c1-c1cc([N+](=O)[O-])ccn1. The summed E-state index contributed by atoms with van der Waals surface area (Å²) in [5.41, 5.74) is 1.72. The van der Waals surface area contributed by atoms with Crippen LogP contribution in [-0.4, -0.2) is 9.91 Å². The number of hydrogen-bond acceptors (Lipinski definition) is 4. The van der Waals surface area contributed by atoms with Gasteiger partial charge in [-0.15, -0.1) is 11.3 Å². The average Bonchev–Trinajstić information content (AvgIpc) is 2.74. The molecule has 2 heterocycles. The second kappa shape index (κ2) is 4.44. The van der Waals surface area contributed by atoms with E-state index in [0.29, 0.717) is 5.69 Å². The van der Waals surface area contributed by atoms with Crippen LogP contribution < -0.4 is 0 Å². The summed E-state index contributed by atoms with van der Waals surface area (Å²) in [6.07, 6.45) is 1.49. The molecule has 0 fully saturated rings. The first kappa shape index (κ1) is 11.8. The Hall–Kier alpha value is -2.27. The van der Waals surface area contributed by atoms with Gasteiger partial charge in [0.15, 0.2) is 0 Å². The van der Waals surface area contributed by atoms with Gasteiger partial charge in [-0.1, -0.05) is 18.2 Å². The second-order valence-electron chi connectivity index (χ2n) is 4.19. The number of hydrogen-bond donors (Lipinski definition) is 0. The number of nitrogens with zero attached hydrogens (tertiary/aromatic N) is 2. The largest absolute Gasteiger partial charge is 0.273 e. The van der Waals surface area contributed by atoms with Crippen molar-refractivity contribution < 1.29 is 4.92 Å². The highest BCUT2D eigenvalue weighted by molar-refractivity contribution is 7.19. The molecule has 3 rings (SSSR count). The van der Waals surface area contributed by atoms with E-state index in [1.807, 2.05) is 31.2 Å². The second-order valence-corrected chi connectivity index (χ2v) is 5.44. The van der Waals surface area contributed by atoms with Gasteiger partial charge < -0.3 is 0 Å². The molecule has 0 N–H and O–H groups in total. The van der Waals surface area contributed by atoms with Crippen molar-refractivity contribution in [3.63, 3.8) is 0 Å². The van der Waals surface area contributed by atoms with Crippen molar-refractivity contribution in [1.29, 1.82) is 0 Å². The van der Waals surface area contributed by atoms with Crippen molar-refractivity contribution in [2.45, 2.75) is 6.92 Å². The van der Waals surface area contributed by atoms with E-state index in [2.05, 4.69) is 4.98 Å². The Bertz CT molecular complexity index is 780. The van der Waals surface area contributed by atoms with Crippen LogP contribution in [0, 0.1) is 17.0 Å². The average molecular weight is 270 g/mol. The van der Waals surface area contributed by atoms with Crippen molar-refractivity contribution in [2.75, 3.05) is 0 Å². The zero-order valence-electron chi connectivity index (χ0n) is 10.2. The first-order chi connectivity index (χ1) is 9.16. The van der Waals surface area contributed by atoms with Gasteiger partial charge in [0, 0.05) is 38.9 Å². The lowest BCUT2D eigenvalue weighted by molar-refractivity contribution is -0.384. The highest BCUT2D eigenvalue weighted by Crippen LogP contribution is 2.37. The minimum absolute atomic E-state index is 0.0691. The number of rotatable bonds is 2. The minimum Gasteiger partial charge on any atom is -0.258 e. The van der Waals surface area contributed by atoms with Gasteiger partial charge >= 0.3 is 0 Å². The summed E-state index contributed by atoms with van der Waals surface area (Å²) in [4.78, 5) is 15.9. The fourth-order valence-corrected chi connectivity index (χ4v) is 3.23. The van der Waals surface area contributed by atoms with Gasteiger partial charge in [0.2, 0.25) is 0 Å². The molecule has 3 aromatic rings. The molecular formula is C14H10N2O2S. The fourth-order valence-electron chi connectivity index (χ4n) is 2.16. The number of thiophene rings is 1. The van der Waals surface area contributed by atoms with Gasteiger partial charge in [0.1, 0.15) is 0 Å². The van der Waals surface area contributed by atoms with Crippen LogP contribution in [0.5, 0.6) is 0 Å². The maximum atomic E-state index is 10.9. The number of nitro groups is 1. The third-order valence-electron chi connectivity index (χ3n) is 2.98. The number of fused-ring (bicyclic) bond motifs is 1. The normalized spacial score (nSPS) is 10.8. The Morgan fingerprint density at radius 1 is 1.26 bits per heavy atom. The number of aryl methyl sites for hydroxylation is 1. The van der Waals surface area contributed by atoms with E-state index in [-0.39, 0.29) is 5.69 Å². The molecule has 1 aromatic carbocycles. The summed E-state index contributed by atoms with van der Waals surface area (Å²) in [6.45, 7) is 2.01. The van der Waals surface area contributed by atoms with Crippen LogP contribution in [0.4, 0.5) is 5.69 Å². The lowest BCUT2D eigenvalue weighted by Gasteiger charge is -2.01. The van der Waals surface area contributed by atoms with E-state index in [4.69, 9.17) is 0 Å². The molecule has 0 amide bonds. The molecule has 0 aliphatic heterocycles. The van der Waals surface area contributed by atoms with Crippen molar-refractivity contribution in [3.05, 3.63) is 57.6 Å². The van der Waals surface area contributed by atoms with E-state index in [1.54, 1.807) is 11.3 Å². The molecule has 0 atom stereocenters. The van der Waals surface area contributed by atoms with Crippen LogP contribution in [0.1, 0.15) is 4.88 Å². The van der Waals surface area contributed by atoms with Crippen LogP contribution in [0.15, 0.2) is 42.6 Å². The van der Waals surface area contributed by atoms with E-state index in [9.17, 15) is 10.1 Å². The zero-order chi connectivity index (χ0) is 13.4. The van der Waals surface area contributed by atoms with Crippen LogP contribution >= 0.6 is 11.3 Å². The highest BCUT2D eigenvalue weighted by Gasteiger charge is 2.14. The lowest BCUT2D eigenvalue weighted by Crippen LogP contribution is -1.90. The standard InChI is InChI=1S/C14H10N2O2S/c1-9-14(11-4-2-3-5-13(11)19-9)12-8-10(16(17)18)6-7-15-12/h2-8H,1H3. The Kier molecular flexibility index (Phi) is 2.76. The molecule has 5 heteroatoms. The highest BCUT2D eigenvalue weighted by atomic mass is 32.1. The Morgan fingerprint density at radius 2 is 2.05 bits per heavy atom. The Morgan fingerprint density at radius 3 is 2.84 bits per heavy atom. The monoisotopic (exact) mass is 270 g/mol. The van der Waals surface area contributed by atoms with Gasteiger partial charge in [-0.05, 0) is 13.0 Å². The topological polar surface area (TPSA) is 56.0 Å². The predicted molar refractivity (Wildman–Crippen MR) is 76.4 cm³/mol. The van der Waals surface area contributed by atoms with Gasteiger partial charge in [0.25, 0.3) is 5.69 Å². The maximum Gasteiger partial charge on any atom is 0.273 e. The summed E-state index contributed by atoms with van der Waals surface area (Å²) < 4.78 is 1.17. The zero-order valence-corrected chi connectivity index (χ0v) is 11.0. The van der Waals surface area contributed by atoms with Gasteiger partial charge in [0.05, 0.1) is 10.6 Å². The molecule has 0 aliphatic carbocycles. The van der Waals surface area contributed by atoms with E-state index >= 15 is 0 Å². The van der Waals surface area contributed by atoms with Crippen molar-refractivity contribution in [1.82, 2.24) is 4.98 Å². The molecule has 0 saturated carbocycles. The minimum atomic E-state index is -0.394. The van der Waals surface area contributed by atoms with Gasteiger partial charge in [-0.2, -0.15) is 0 Å². The summed E-state index contributed by atoms with van der Waals surface area (Å²) in [5, 5.41) is 11.9. The Balaban J connectivity index is 2.27. The molecule has 0 aliphatic rings. The summed E-state index contributed by atoms with van der Waals surface area (Å²) >= 11 is 1.68. The molecule has 0 spiro atoms. The smallest absolute Gasteiger partial charge is 0.258 e. The number of benzene rings is 1. The number of pyridine rings is 1. The van der Waals surface area contributed by atoms with Crippen molar-refractivity contribution in [2.24, 2.45) is 0 Å². The maximum absolute atomic E-state index is 10.9. The molecule has 0 radical (unpaired) electrons. The Labute approximate surface area is 113 Å². The molecule has 0 unspecified atom stereocenters. The first-order valence-corrected chi connectivity index (χ1v) is 6.57. The lowest BCUT2D eigenvalue weighted by atomic mass is 10.1. The van der Waals surface area contributed by atoms with Crippen molar-refractivity contribution >= 4 is 27.1 Å². The fraction of sp³-hybridized carbons (Fsp3) is 0.0714. The summed E-state index contributed by atoms with van der Waals surface area (Å²) in [6, 6.07) is 11.0.